The highest BCUT2D eigenvalue weighted by atomic mass is 19.2. The van der Waals surface area contributed by atoms with Crippen LogP contribution < -0.4 is 11.5 Å². The van der Waals surface area contributed by atoms with Crippen LogP contribution in [0.15, 0.2) is 30.1 Å². The summed E-state index contributed by atoms with van der Waals surface area (Å²) in [5.41, 5.74) is 12.1. The molecule has 0 aliphatic heterocycles. The number of allylic oxidation sites excluding steroid dienone is 3. The van der Waals surface area contributed by atoms with E-state index in [0.29, 0.717) is 35.3 Å². The molecule has 21 heavy (non-hydrogen) atoms. The number of carbonyl (C=O) groups excluding carboxylic acids is 1. The molecule has 7 heteroatoms. The molecule has 0 saturated carbocycles. The van der Waals surface area contributed by atoms with E-state index in [4.69, 9.17) is 11.5 Å². The lowest BCUT2D eigenvalue weighted by Crippen LogP contribution is -2.04. The minimum atomic E-state index is -0.976. The Morgan fingerprint density at radius 1 is 1.38 bits per heavy atom. The van der Waals surface area contributed by atoms with Gasteiger partial charge in [-0.3, -0.25) is 4.79 Å². The van der Waals surface area contributed by atoms with Crippen LogP contribution >= 0.6 is 0 Å². The van der Waals surface area contributed by atoms with Crippen molar-refractivity contribution in [3.63, 3.8) is 0 Å². The Morgan fingerprint density at radius 2 is 2.05 bits per heavy atom. The van der Waals surface area contributed by atoms with E-state index < -0.39 is 11.6 Å². The number of nitrogens with two attached hydrogens (primary N) is 2. The maximum atomic E-state index is 13.4. The van der Waals surface area contributed by atoms with Crippen LogP contribution in [0.2, 0.25) is 0 Å². The minimum Gasteiger partial charge on any atom is -0.404 e. The monoisotopic (exact) mass is 292 g/mol. The van der Waals surface area contributed by atoms with Gasteiger partial charge in [-0.15, -0.1) is 0 Å². The van der Waals surface area contributed by atoms with Crippen molar-refractivity contribution in [3.05, 3.63) is 47.6 Å². The van der Waals surface area contributed by atoms with E-state index in [2.05, 4.69) is 4.98 Å². The molecule has 110 valence electrons. The quantitative estimate of drug-likeness (QED) is 0.510. The Kier molecular flexibility index (Phi) is 4.02. The van der Waals surface area contributed by atoms with Crippen molar-refractivity contribution in [2.75, 3.05) is 0 Å². The molecule has 0 amide bonds. The zero-order chi connectivity index (χ0) is 15.6. The Bertz CT molecular complexity index is 762. The van der Waals surface area contributed by atoms with Crippen molar-refractivity contribution in [1.82, 2.24) is 9.55 Å². The van der Waals surface area contributed by atoms with E-state index in [1.54, 1.807) is 4.57 Å². The molecule has 0 aliphatic rings. The topological polar surface area (TPSA) is 86.9 Å². The number of benzene rings is 1. The van der Waals surface area contributed by atoms with Crippen molar-refractivity contribution in [3.8, 4) is 0 Å². The summed E-state index contributed by atoms with van der Waals surface area (Å²) in [5, 5.41) is 0. The molecule has 0 radical (unpaired) electrons. The number of rotatable bonds is 4. The van der Waals surface area contributed by atoms with E-state index in [-0.39, 0.29) is 5.70 Å². The van der Waals surface area contributed by atoms with Crippen LogP contribution in [0.25, 0.3) is 16.6 Å². The molecule has 0 spiro atoms. The fourth-order valence-electron chi connectivity index (χ4n) is 2.06. The maximum Gasteiger partial charge on any atom is 0.165 e. The number of nitrogens with zero attached hydrogens (tertiary/aromatic N) is 2. The molecule has 4 N–H and O–H groups in total. The summed E-state index contributed by atoms with van der Waals surface area (Å²) in [5.74, 6) is -1.55. The third-order valence-corrected chi connectivity index (χ3v) is 3.00. The Hall–Kier alpha value is -2.70. The van der Waals surface area contributed by atoms with Crippen LogP contribution in [0.1, 0.15) is 12.7 Å². The Morgan fingerprint density at radius 3 is 2.62 bits per heavy atom. The number of halogens is 2. The van der Waals surface area contributed by atoms with Crippen molar-refractivity contribution in [1.29, 1.82) is 0 Å². The summed E-state index contributed by atoms with van der Waals surface area (Å²) in [7, 11) is 0. The van der Waals surface area contributed by atoms with Gasteiger partial charge in [0.2, 0.25) is 0 Å². The number of fused-ring (bicyclic) bond motifs is 1. The highest BCUT2D eigenvalue weighted by molar-refractivity contribution is 5.85. The van der Waals surface area contributed by atoms with Gasteiger partial charge >= 0.3 is 0 Å². The van der Waals surface area contributed by atoms with E-state index in [1.807, 2.05) is 6.92 Å². The van der Waals surface area contributed by atoms with Gasteiger partial charge in [0.1, 0.15) is 5.82 Å². The van der Waals surface area contributed by atoms with Crippen molar-refractivity contribution in [2.24, 2.45) is 11.5 Å². The average Bonchev–Trinajstić information content (AvgIpc) is 2.82. The van der Waals surface area contributed by atoms with Crippen LogP contribution in [-0.4, -0.2) is 15.8 Å². The van der Waals surface area contributed by atoms with Gasteiger partial charge < -0.3 is 16.0 Å². The maximum absolute atomic E-state index is 13.4. The molecule has 0 atom stereocenters. The zero-order valence-corrected chi connectivity index (χ0v) is 11.3. The molecule has 5 nitrogen and oxygen atoms in total. The van der Waals surface area contributed by atoms with Crippen molar-refractivity contribution >= 4 is 22.9 Å². The average molecular weight is 292 g/mol. The lowest BCUT2D eigenvalue weighted by atomic mass is 10.2. The molecule has 0 saturated heterocycles. The second kappa shape index (κ2) is 5.74. The predicted molar refractivity (Wildman–Crippen MR) is 75.8 cm³/mol. The lowest BCUT2D eigenvalue weighted by molar-refractivity contribution is -0.104. The first kappa shape index (κ1) is 14.7. The van der Waals surface area contributed by atoms with E-state index in [9.17, 15) is 13.6 Å². The number of carbonyl (C=O) groups is 1. The molecular formula is C14H14F2N4O. The van der Waals surface area contributed by atoms with Crippen LogP contribution in [0.3, 0.4) is 0 Å². The fourth-order valence-corrected chi connectivity index (χ4v) is 2.06. The zero-order valence-electron chi connectivity index (χ0n) is 11.3. The lowest BCUT2D eigenvalue weighted by Gasteiger charge is -2.06. The smallest absolute Gasteiger partial charge is 0.165 e. The first-order valence-electron chi connectivity index (χ1n) is 6.21. The number of hydrogen-bond donors (Lipinski definition) is 2. The number of aryl methyl sites for hydroxylation is 1. The number of aromatic nitrogens is 2. The fraction of sp³-hybridized carbons (Fsp3) is 0.143. The molecule has 2 aromatic rings. The van der Waals surface area contributed by atoms with Crippen LogP contribution in [0.5, 0.6) is 0 Å². The highest BCUT2D eigenvalue weighted by Gasteiger charge is 2.15. The SMILES string of the molecule is CCn1c(C(/C=C(\N)C=O)=C/N)nc2cc(F)c(F)cc21. The normalized spacial score (nSPS) is 12.9. The number of hydrogen-bond acceptors (Lipinski definition) is 4. The molecule has 1 aromatic carbocycles. The Labute approximate surface area is 119 Å². The predicted octanol–water partition coefficient (Wildman–Crippen LogP) is 1.68. The van der Waals surface area contributed by atoms with Gasteiger partial charge in [-0.05, 0) is 13.0 Å². The third-order valence-electron chi connectivity index (χ3n) is 3.00. The first-order chi connectivity index (χ1) is 10.0. The summed E-state index contributed by atoms with van der Waals surface area (Å²) in [6.45, 7) is 2.29. The molecule has 0 bridgehead atoms. The second-order valence-electron chi connectivity index (χ2n) is 4.32. The molecule has 1 aromatic heterocycles. The number of aldehydes is 1. The summed E-state index contributed by atoms with van der Waals surface area (Å²) in [6.07, 6.45) is 3.06. The van der Waals surface area contributed by atoms with E-state index >= 15 is 0 Å². The summed E-state index contributed by atoms with van der Waals surface area (Å²) >= 11 is 0. The van der Waals surface area contributed by atoms with Gasteiger partial charge in [-0.25, -0.2) is 13.8 Å². The molecule has 0 fully saturated rings. The van der Waals surface area contributed by atoms with Crippen LogP contribution in [0.4, 0.5) is 8.78 Å². The van der Waals surface area contributed by atoms with Crippen molar-refractivity contribution < 1.29 is 13.6 Å². The van der Waals surface area contributed by atoms with Gasteiger partial charge in [-0.2, -0.15) is 0 Å². The summed E-state index contributed by atoms with van der Waals surface area (Å²) in [6, 6.07) is 2.09. The Balaban J connectivity index is 2.71. The van der Waals surface area contributed by atoms with Gasteiger partial charge in [0.15, 0.2) is 17.9 Å². The van der Waals surface area contributed by atoms with Gasteiger partial charge in [-0.1, -0.05) is 0 Å². The molecule has 0 unspecified atom stereocenters. The minimum absolute atomic E-state index is 0.0289. The van der Waals surface area contributed by atoms with Crippen LogP contribution in [0, 0.1) is 11.6 Å². The number of imidazole rings is 1. The molecule has 0 aliphatic carbocycles. The molecule has 2 rings (SSSR count). The largest absolute Gasteiger partial charge is 0.404 e. The standard InChI is InChI=1S/C14H14F2N4O/c1-2-20-13-5-11(16)10(15)4-12(13)19-14(20)8(6-17)3-9(18)7-21/h3-7H,2,17-18H2,1H3/b8-6+,9-3-. The van der Waals surface area contributed by atoms with Gasteiger partial charge in [0, 0.05) is 30.5 Å². The van der Waals surface area contributed by atoms with Gasteiger partial charge in [0.05, 0.1) is 16.7 Å². The molecular weight excluding hydrogens is 278 g/mol. The second-order valence-corrected chi connectivity index (χ2v) is 4.32. The summed E-state index contributed by atoms with van der Waals surface area (Å²) in [4.78, 5) is 14.9. The third kappa shape index (κ3) is 2.62. The first-order valence-corrected chi connectivity index (χ1v) is 6.21. The summed E-state index contributed by atoms with van der Waals surface area (Å²) < 4.78 is 28.3. The van der Waals surface area contributed by atoms with Gasteiger partial charge in [0.25, 0.3) is 0 Å². The van der Waals surface area contributed by atoms with E-state index in [0.717, 1.165) is 12.1 Å². The van der Waals surface area contributed by atoms with Crippen molar-refractivity contribution in [2.45, 2.75) is 13.5 Å². The van der Waals surface area contributed by atoms with E-state index in [1.165, 1.54) is 12.3 Å². The molecule has 1 heterocycles. The van der Waals surface area contributed by atoms with Crippen LogP contribution in [-0.2, 0) is 11.3 Å². The highest BCUT2D eigenvalue weighted by Crippen LogP contribution is 2.24.